The van der Waals surface area contributed by atoms with E-state index in [1.54, 1.807) is 36.7 Å². The summed E-state index contributed by atoms with van der Waals surface area (Å²) in [6.07, 6.45) is 0. The number of carbonyl (C=O) groups excluding carboxylic acids is 1. The number of H-pyrrole nitrogens is 1. The van der Waals surface area contributed by atoms with Gasteiger partial charge in [-0.3, -0.25) is 9.48 Å². The molecule has 1 amide bonds. The normalized spacial score (nSPS) is 10.8. The summed E-state index contributed by atoms with van der Waals surface area (Å²) >= 11 is 3.00. The number of amides is 1. The van der Waals surface area contributed by atoms with Crippen LogP contribution in [0.3, 0.4) is 0 Å². The second-order valence-electron chi connectivity index (χ2n) is 5.74. The van der Waals surface area contributed by atoms with Gasteiger partial charge in [-0.1, -0.05) is 23.3 Å². The Bertz CT molecular complexity index is 1040. The summed E-state index contributed by atoms with van der Waals surface area (Å²) in [6, 6.07) is 6.36. The lowest BCUT2D eigenvalue weighted by Gasteiger charge is -2.07. The van der Waals surface area contributed by atoms with E-state index in [1.807, 2.05) is 0 Å². The topological polar surface area (TPSA) is 119 Å². The predicted octanol–water partition coefficient (Wildman–Crippen LogP) is 3.33. The molecule has 0 unspecified atom stereocenters. The minimum Gasteiger partial charge on any atom is -0.358 e. The number of benzene rings is 1. The van der Waals surface area contributed by atoms with Crippen LogP contribution in [0.15, 0.2) is 28.7 Å². The van der Waals surface area contributed by atoms with E-state index in [9.17, 15) is 19.3 Å². The predicted molar refractivity (Wildman–Crippen MR) is 98.1 cm³/mol. The molecule has 0 saturated heterocycles. The quantitative estimate of drug-likeness (QED) is 0.469. The molecule has 9 nitrogen and oxygen atoms in total. The maximum atomic E-state index is 13.9. The number of aryl methyl sites for hydroxylation is 1. The van der Waals surface area contributed by atoms with Crippen LogP contribution in [-0.4, -0.2) is 30.8 Å². The summed E-state index contributed by atoms with van der Waals surface area (Å²) in [5.74, 6) is -1.39. The first-order valence-corrected chi connectivity index (χ1v) is 8.56. The SMILES string of the molecule is Cc1nn(Cc2ccccc2F)c(C)c1NC(=O)c1n[nH]c([N+](=O)[O-])c1Br. The molecule has 140 valence electrons. The van der Waals surface area contributed by atoms with Crippen molar-refractivity contribution in [3.05, 3.63) is 67.3 Å². The molecule has 3 aromatic rings. The molecule has 0 saturated carbocycles. The fraction of sp³-hybridized carbons (Fsp3) is 0.188. The first kappa shape index (κ1) is 18.7. The summed E-state index contributed by atoms with van der Waals surface area (Å²) in [5, 5.41) is 23.7. The zero-order valence-electron chi connectivity index (χ0n) is 14.3. The van der Waals surface area contributed by atoms with Crippen molar-refractivity contribution >= 4 is 33.3 Å². The van der Waals surface area contributed by atoms with Crippen LogP contribution in [0.4, 0.5) is 15.9 Å². The Morgan fingerprint density at radius 1 is 1.41 bits per heavy atom. The van der Waals surface area contributed by atoms with Crippen LogP contribution in [0.25, 0.3) is 0 Å². The third-order valence-corrected chi connectivity index (χ3v) is 4.74. The molecule has 0 aliphatic heterocycles. The van der Waals surface area contributed by atoms with Gasteiger partial charge in [0.25, 0.3) is 5.91 Å². The van der Waals surface area contributed by atoms with Gasteiger partial charge in [0, 0.05) is 5.56 Å². The van der Waals surface area contributed by atoms with Crippen LogP contribution >= 0.6 is 15.9 Å². The molecule has 2 N–H and O–H groups in total. The van der Waals surface area contributed by atoms with Crippen molar-refractivity contribution in [2.45, 2.75) is 20.4 Å². The highest BCUT2D eigenvalue weighted by atomic mass is 79.9. The molecule has 2 heterocycles. The Morgan fingerprint density at radius 3 is 2.74 bits per heavy atom. The number of nitrogens with zero attached hydrogens (tertiary/aromatic N) is 4. The van der Waals surface area contributed by atoms with Gasteiger partial charge in [0.2, 0.25) is 0 Å². The minimum atomic E-state index is -0.684. The van der Waals surface area contributed by atoms with Crippen molar-refractivity contribution in [2.24, 2.45) is 0 Å². The smallest absolute Gasteiger partial charge is 0.357 e. The number of rotatable bonds is 5. The fourth-order valence-corrected chi connectivity index (χ4v) is 3.09. The number of anilines is 1. The molecule has 3 rings (SSSR count). The number of nitrogens with one attached hydrogen (secondary N) is 2. The number of nitro groups is 1. The van der Waals surface area contributed by atoms with E-state index in [4.69, 9.17) is 0 Å². The summed E-state index contributed by atoms with van der Waals surface area (Å²) in [7, 11) is 0. The molecule has 0 spiro atoms. The van der Waals surface area contributed by atoms with Crippen molar-refractivity contribution in [3.63, 3.8) is 0 Å². The third-order valence-electron chi connectivity index (χ3n) is 3.99. The fourth-order valence-electron chi connectivity index (χ4n) is 2.58. The highest BCUT2D eigenvalue weighted by molar-refractivity contribution is 9.10. The van der Waals surface area contributed by atoms with Crippen LogP contribution in [0.2, 0.25) is 0 Å². The monoisotopic (exact) mass is 436 g/mol. The van der Waals surface area contributed by atoms with Crippen LogP contribution in [0.1, 0.15) is 27.4 Å². The zero-order chi connectivity index (χ0) is 19.7. The van der Waals surface area contributed by atoms with Gasteiger partial charge in [-0.25, -0.2) is 4.39 Å². The molecule has 1 aromatic carbocycles. The molecule has 0 aliphatic rings. The summed E-state index contributed by atoms with van der Waals surface area (Å²) in [6.45, 7) is 3.63. The van der Waals surface area contributed by atoms with E-state index in [0.717, 1.165) is 0 Å². The molecule has 0 radical (unpaired) electrons. The molecular weight excluding hydrogens is 423 g/mol. The van der Waals surface area contributed by atoms with Crippen molar-refractivity contribution in [1.82, 2.24) is 20.0 Å². The molecule has 0 fully saturated rings. The lowest BCUT2D eigenvalue weighted by Crippen LogP contribution is -2.14. The van der Waals surface area contributed by atoms with Crippen LogP contribution < -0.4 is 5.32 Å². The van der Waals surface area contributed by atoms with Gasteiger partial charge in [-0.05, 0) is 40.8 Å². The largest absolute Gasteiger partial charge is 0.358 e. The number of aromatic amines is 1. The van der Waals surface area contributed by atoms with E-state index in [0.29, 0.717) is 22.6 Å². The van der Waals surface area contributed by atoms with Gasteiger partial charge in [0.15, 0.2) is 5.69 Å². The highest BCUT2D eigenvalue weighted by Crippen LogP contribution is 2.27. The molecule has 2 aromatic heterocycles. The Morgan fingerprint density at radius 2 is 2.11 bits per heavy atom. The number of carbonyl (C=O) groups is 1. The van der Waals surface area contributed by atoms with Crippen molar-refractivity contribution in [3.8, 4) is 0 Å². The van der Waals surface area contributed by atoms with E-state index in [1.165, 1.54) is 6.07 Å². The van der Waals surface area contributed by atoms with Crippen LogP contribution in [0, 0.1) is 29.8 Å². The second kappa shape index (κ2) is 7.27. The highest BCUT2D eigenvalue weighted by Gasteiger charge is 2.26. The second-order valence-corrected chi connectivity index (χ2v) is 6.53. The summed E-state index contributed by atoms with van der Waals surface area (Å²) in [5.41, 5.74) is 1.89. The zero-order valence-corrected chi connectivity index (χ0v) is 15.9. The van der Waals surface area contributed by atoms with Gasteiger partial charge in [-0.15, -0.1) is 5.10 Å². The lowest BCUT2D eigenvalue weighted by molar-refractivity contribution is -0.390. The van der Waals surface area contributed by atoms with E-state index >= 15 is 0 Å². The van der Waals surface area contributed by atoms with Gasteiger partial charge < -0.3 is 15.4 Å². The number of aromatic nitrogens is 4. The first-order chi connectivity index (χ1) is 12.8. The summed E-state index contributed by atoms with van der Waals surface area (Å²) < 4.78 is 15.4. The number of halogens is 2. The Kier molecular flexibility index (Phi) is 5.04. The molecule has 0 bridgehead atoms. The maximum Gasteiger partial charge on any atom is 0.357 e. The van der Waals surface area contributed by atoms with E-state index in [-0.39, 0.29) is 22.5 Å². The average molecular weight is 437 g/mol. The van der Waals surface area contributed by atoms with Crippen molar-refractivity contribution in [2.75, 3.05) is 5.32 Å². The van der Waals surface area contributed by atoms with Gasteiger partial charge >= 0.3 is 5.82 Å². The van der Waals surface area contributed by atoms with Crippen molar-refractivity contribution in [1.29, 1.82) is 0 Å². The first-order valence-electron chi connectivity index (χ1n) is 7.76. The van der Waals surface area contributed by atoms with Gasteiger partial charge in [0.05, 0.1) is 23.6 Å². The number of hydrogen-bond acceptors (Lipinski definition) is 5. The van der Waals surface area contributed by atoms with Gasteiger partial charge in [-0.2, -0.15) is 5.10 Å². The minimum absolute atomic E-state index is 0.0425. The van der Waals surface area contributed by atoms with Gasteiger partial charge in [0.1, 0.15) is 10.3 Å². The average Bonchev–Trinajstić information content (AvgIpc) is 3.12. The van der Waals surface area contributed by atoms with E-state index < -0.39 is 16.6 Å². The third kappa shape index (κ3) is 3.58. The Labute approximate surface area is 160 Å². The van der Waals surface area contributed by atoms with E-state index in [2.05, 4.69) is 36.5 Å². The molecule has 27 heavy (non-hydrogen) atoms. The maximum absolute atomic E-state index is 13.9. The van der Waals surface area contributed by atoms with Crippen LogP contribution in [-0.2, 0) is 6.54 Å². The Hall–Kier alpha value is -3.08. The Balaban J connectivity index is 1.86. The van der Waals surface area contributed by atoms with Crippen LogP contribution in [0.5, 0.6) is 0 Å². The standard InChI is InChI=1S/C16H14BrFN6O3/c1-8-13(19-16(25)14-12(17)15(21-20-14)24(26)27)9(2)23(22-8)7-10-5-3-4-6-11(10)18/h3-6H,7H2,1-2H3,(H,19,25)(H,20,21). The molecule has 0 aliphatic carbocycles. The molecule has 0 atom stereocenters. The van der Waals surface area contributed by atoms with Crippen molar-refractivity contribution < 1.29 is 14.1 Å². The lowest BCUT2D eigenvalue weighted by atomic mass is 10.2. The summed E-state index contributed by atoms with van der Waals surface area (Å²) in [4.78, 5) is 22.6. The number of hydrogen-bond donors (Lipinski definition) is 2. The molecular formula is C16H14BrFN6O3. The molecule has 11 heteroatoms.